The first-order valence-electron chi connectivity index (χ1n) is 6.39. The van der Waals surface area contributed by atoms with E-state index in [9.17, 15) is 13.2 Å². The average Bonchev–Trinajstić information content (AvgIpc) is 2.23. The first kappa shape index (κ1) is 17.5. The Kier molecular flexibility index (Phi) is 5.01. The Morgan fingerprint density at radius 2 is 1.76 bits per heavy atom. The van der Waals surface area contributed by atoms with Crippen molar-refractivity contribution in [3.63, 3.8) is 0 Å². The van der Waals surface area contributed by atoms with Crippen molar-refractivity contribution >= 4 is 16.0 Å². The van der Waals surface area contributed by atoms with Gasteiger partial charge in [-0.25, -0.2) is 13.1 Å². The van der Waals surface area contributed by atoms with Crippen molar-refractivity contribution in [1.29, 1.82) is 0 Å². The van der Waals surface area contributed by atoms with Gasteiger partial charge in [0, 0.05) is 5.54 Å². The number of carbonyl (C=O) groups is 1. The molecule has 1 rings (SSSR count). The number of hydrogen-bond donors (Lipinski definition) is 2. The molecule has 0 atom stereocenters. The SMILES string of the molecule is COc1cc(C)c(S(=O)(=O)NC(C)(C)CC(=O)O)c(C)c1. The molecule has 6 nitrogen and oxygen atoms in total. The van der Waals surface area contributed by atoms with Gasteiger partial charge in [0.2, 0.25) is 10.0 Å². The van der Waals surface area contributed by atoms with Crippen LogP contribution in [-0.2, 0) is 14.8 Å². The molecule has 0 amide bonds. The molecule has 0 aromatic heterocycles. The molecule has 1 aromatic rings. The summed E-state index contributed by atoms with van der Waals surface area (Å²) < 4.78 is 32.6. The van der Waals surface area contributed by atoms with Gasteiger partial charge in [0.15, 0.2) is 0 Å². The lowest BCUT2D eigenvalue weighted by Crippen LogP contribution is -2.45. The molecule has 0 saturated heterocycles. The van der Waals surface area contributed by atoms with Gasteiger partial charge in [-0.3, -0.25) is 4.79 Å². The number of aryl methyl sites for hydroxylation is 2. The molecular formula is C14H21NO5S. The van der Waals surface area contributed by atoms with Crippen LogP contribution in [0.2, 0.25) is 0 Å². The van der Waals surface area contributed by atoms with Crippen molar-refractivity contribution in [2.45, 2.75) is 44.6 Å². The Bertz CT molecular complexity index is 626. The Hall–Kier alpha value is -1.60. The summed E-state index contributed by atoms with van der Waals surface area (Å²) in [6.45, 7) is 6.42. The largest absolute Gasteiger partial charge is 0.497 e. The molecule has 0 spiro atoms. The summed E-state index contributed by atoms with van der Waals surface area (Å²) >= 11 is 0. The Morgan fingerprint density at radius 1 is 1.29 bits per heavy atom. The zero-order chi connectivity index (χ0) is 16.4. The van der Waals surface area contributed by atoms with E-state index in [0.717, 1.165) is 0 Å². The van der Waals surface area contributed by atoms with Crippen LogP contribution in [0.15, 0.2) is 17.0 Å². The number of aliphatic carboxylic acids is 1. The van der Waals surface area contributed by atoms with E-state index in [2.05, 4.69) is 4.72 Å². The second-order valence-electron chi connectivity index (χ2n) is 5.65. The van der Waals surface area contributed by atoms with Crippen LogP contribution in [0, 0.1) is 13.8 Å². The third-order valence-corrected chi connectivity index (χ3v) is 4.94. The minimum atomic E-state index is -3.82. The lowest BCUT2D eigenvalue weighted by atomic mass is 10.0. The third kappa shape index (κ3) is 4.44. The topological polar surface area (TPSA) is 92.7 Å². The summed E-state index contributed by atoms with van der Waals surface area (Å²) in [5.41, 5.74) is 0.0136. The fraction of sp³-hybridized carbons (Fsp3) is 0.500. The summed E-state index contributed by atoms with van der Waals surface area (Å²) in [7, 11) is -2.31. The van der Waals surface area contributed by atoms with E-state index in [1.807, 2.05) is 0 Å². The zero-order valence-corrected chi connectivity index (χ0v) is 13.7. The lowest BCUT2D eigenvalue weighted by Gasteiger charge is -2.25. The maximum absolute atomic E-state index is 12.5. The Balaban J connectivity index is 3.23. The van der Waals surface area contributed by atoms with Gasteiger partial charge in [0.05, 0.1) is 18.4 Å². The fourth-order valence-corrected chi connectivity index (χ4v) is 4.15. The Labute approximate surface area is 125 Å². The maximum Gasteiger partial charge on any atom is 0.305 e. The first-order chi connectivity index (χ1) is 9.48. The first-order valence-corrected chi connectivity index (χ1v) is 7.88. The second kappa shape index (κ2) is 6.03. The number of benzene rings is 1. The normalized spacial score (nSPS) is 12.2. The van der Waals surface area contributed by atoms with E-state index in [4.69, 9.17) is 9.84 Å². The number of carboxylic acids is 1. The van der Waals surface area contributed by atoms with E-state index in [0.29, 0.717) is 16.9 Å². The highest BCUT2D eigenvalue weighted by atomic mass is 32.2. The van der Waals surface area contributed by atoms with Crippen molar-refractivity contribution in [3.8, 4) is 5.75 Å². The van der Waals surface area contributed by atoms with Crippen LogP contribution in [0.25, 0.3) is 0 Å². The fourth-order valence-electron chi connectivity index (χ4n) is 2.28. The monoisotopic (exact) mass is 315 g/mol. The molecule has 0 aliphatic rings. The van der Waals surface area contributed by atoms with Crippen molar-refractivity contribution in [1.82, 2.24) is 4.72 Å². The number of ether oxygens (including phenoxy) is 1. The van der Waals surface area contributed by atoms with Gasteiger partial charge in [-0.2, -0.15) is 0 Å². The number of methoxy groups -OCH3 is 1. The lowest BCUT2D eigenvalue weighted by molar-refractivity contribution is -0.138. The molecule has 0 fully saturated rings. The summed E-state index contributed by atoms with van der Waals surface area (Å²) in [4.78, 5) is 11.0. The van der Waals surface area contributed by atoms with Gasteiger partial charge in [0.1, 0.15) is 5.75 Å². The van der Waals surface area contributed by atoms with Gasteiger partial charge < -0.3 is 9.84 Å². The van der Waals surface area contributed by atoms with Crippen molar-refractivity contribution in [2.75, 3.05) is 7.11 Å². The second-order valence-corrected chi connectivity index (χ2v) is 7.27. The van der Waals surface area contributed by atoms with Crippen molar-refractivity contribution in [2.24, 2.45) is 0 Å². The van der Waals surface area contributed by atoms with Crippen LogP contribution in [0.5, 0.6) is 5.75 Å². The van der Waals surface area contributed by atoms with Crippen LogP contribution in [0.4, 0.5) is 0 Å². The smallest absolute Gasteiger partial charge is 0.305 e. The summed E-state index contributed by atoms with van der Waals surface area (Å²) in [5.74, 6) is -0.486. The molecule has 0 radical (unpaired) electrons. The van der Waals surface area contributed by atoms with Gasteiger partial charge in [0.25, 0.3) is 0 Å². The number of hydrogen-bond acceptors (Lipinski definition) is 4. The van der Waals surface area contributed by atoms with Gasteiger partial charge in [-0.05, 0) is 51.0 Å². The van der Waals surface area contributed by atoms with E-state index < -0.39 is 21.5 Å². The molecule has 21 heavy (non-hydrogen) atoms. The predicted octanol–water partition coefficient (Wildman–Crippen LogP) is 1.84. The highest BCUT2D eigenvalue weighted by Crippen LogP contribution is 2.27. The molecule has 7 heteroatoms. The quantitative estimate of drug-likeness (QED) is 0.835. The third-order valence-electron chi connectivity index (χ3n) is 2.94. The minimum absolute atomic E-state index is 0.154. The molecule has 2 N–H and O–H groups in total. The van der Waals surface area contributed by atoms with E-state index >= 15 is 0 Å². The van der Waals surface area contributed by atoms with Crippen molar-refractivity contribution < 1.29 is 23.1 Å². The highest BCUT2D eigenvalue weighted by Gasteiger charge is 2.30. The predicted molar refractivity (Wildman–Crippen MR) is 79.1 cm³/mol. The number of sulfonamides is 1. The molecule has 0 aliphatic carbocycles. The molecular weight excluding hydrogens is 294 g/mol. The molecule has 118 valence electrons. The number of nitrogens with one attached hydrogen (secondary N) is 1. The average molecular weight is 315 g/mol. The molecule has 1 aromatic carbocycles. The Morgan fingerprint density at radius 3 is 2.14 bits per heavy atom. The number of rotatable bonds is 6. The standard InChI is InChI=1S/C14H21NO5S/c1-9-6-11(20-5)7-10(2)13(9)21(18,19)15-14(3,4)8-12(16)17/h6-7,15H,8H2,1-5H3,(H,16,17). The van der Waals surface area contributed by atoms with E-state index in [-0.39, 0.29) is 11.3 Å². The van der Waals surface area contributed by atoms with Crippen LogP contribution in [0.1, 0.15) is 31.4 Å². The van der Waals surface area contributed by atoms with Gasteiger partial charge >= 0.3 is 5.97 Å². The molecule has 0 saturated carbocycles. The minimum Gasteiger partial charge on any atom is -0.497 e. The molecule has 0 aliphatic heterocycles. The van der Waals surface area contributed by atoms with Crippen LogP contribution < -0.4 is 9.46 Å². The molecule has 0 unspecified atom stereocenters. The van der Waals surface area contributed by atoms with Crippen LogP contribution in [0.3, 0.4) is 0 Å². The van der Waals surface area contributed by atoms with Gasteiger partial charge in [-0.1, -0.05) is 0 Å². The van der Waals surface area contributed by atoms with E-state index in [1.165, 1.54) is 21.0 Å². The van der Waals surface area contributed by atoms with Crippen molar-refractivity contribution in [3.05, 3.63) is 23.3 Å². The van der Waals surface area contributed by atoms with Crippen LogP contribution in [-0.4, -0.2) is 32.1 Å². The van der Waals surface area contributed by atoms with Gasteiger partial charge in [-0.15, -0.1) is 0 Å². The summed E-state index contributed by atoms with van der Waals surface area (Å²) in [6.07, 6.45) is -0.305. The summed E-state index contributed by atoms with van der Waals surface area (Å²) in [5, 5.41) is 8.84. The highest BCUT2D eigenvalue weighted by molar-refractivity contribution is 7.89. The zero-order valence-electron chi connectivity index (χ0n) is 12.9. The molecule has 0 heterocycles. The summed E-state index contributed by atoms with van der Waals surface area (Å²) in [6, 6.07) is 3.26. The molecule has 0 bridgehead atoms. The number of carboxylic acid groups (broad SMARTS) is 1. The van der Waals surface area contributed by atoms with E-state index in [1.54, 1.807) is 26.0 Å². The maximum atomic E-state index is 12.5. The van der Waals surface area contributed by atoms with Crippen LogP contribution >= 0.6 is 0 Å².